The van der Waals surface area contributed by atoms with Gasteiger partial charge in [0.1, 0.15) is 5.75 Å². The topological polar surface area (TPSA) is 67.4 Å². The number of carbonyl (C=O) groups is 2. The fourth-order valence-corrected chi connectivity index (χ4v) is 2.96. The predicted octanol–water partition coefficient (Wildman–Crippen LogP) is 5.23. The molecule has 0 aliphatic carbocycles. The Morgan fingerprint density at radius 3 is 2.34 bits per heavy atom. The van der Waals surface area contributed by atoms with Gasteiger partial charge in [0, 0.05) is 11.4 Å². The van der Waals surface area contributed by atoms with Gasteiger partial charge in [-0.2, -0.15) is 0 Å². The summed E-state index contributed by atoms with van der Waals surface area (Å²) in [6.45, 7) is 3.83. The number of anilines is 2. The standard InChI is InChI=1S/C23H21ClN2O3/c1-15-7-5-12-21(16(15)2)29-14-22(27)25-17-8-6-9-18(13-17)26-23(28)19-10-3-4-11-20(19)24/h3-13H,14H2,1-2H3,(H,25,27)(H,26,28). The van der Waals surface area contributed by atoms with E-state index in [0.29, 0.717) is 27.7 Å². The molecule has 0 aromatic heterocycles. The summed E-state index contributed by atoms with van der Waals surface area (Å²) in [7, 11) is 0. The van der Waals surface area contributed by atoms with E-state index in [4.69, 9.17) is 16.3 Å². The second kappa shape index (κ2) is 9.26. The third-order valence-electron chi connectivity index (χ3n) is 4.44. The third-order valence-corrected chi connectivity index (χ3v) is 4.77. The van der Waals surface area contributed by atoms with Gasteiger partial charge in [-0.15, -0.1) is 0 Å². The zero-order valence-corrected chi connectivity index (χ0v) is 16.9. The summed E-state index contributed by atoms with van der Waals surface area (Å²) >= 11 is 6.06. The smallest absolute Gasteiger partial charge is 0.262 e. The van der Waals surface area contributed by atoms with Crippen LogP contribution in [0.5, 0.6) is 5.75 Å². The molecule has 2 amide bonds. The van der Waals surface area contributed by atoms with E-state index < -0.39 is 0 Å². The highest BCUT2D eigenvalue weighted by atomic mass is 35.5. The Balaban J connectivity index is 1.60. The Kier molecular flexibility index (Phi) is 6.52. The van der Waals surface area contributed by atoms with E-state index >= 15 is 0 Å². The highest BCUT2D eigenvalue weighted by Gasteiger charge is 2.11. The SMILES string of the molecule is Cc1cccc(OCC(=O)Nc2cccc(NC(=O)c3ccccc3Cl)c2)c1C. The molecule has 6 heteroatoms. The van der Waals surface area contributed by atoms with E-state index in [2.05, 4.69) is 10.6 Å². The minimum absolute atomic E-state index is 0.111. The number of halogens is 1. The lowest BCUT2D eigenvalue weighted by molar-refractivity contribution is -0.118. The average Bonchev–Trinajstić information content (AvgIpc) is 2.69. The Hall–Kier alpha value is -3.31. The van der Waals surface area contributed by atoms with Crippen molar-refractivity contribution in [3.8, 4) is 5.75 Å². The Bertz CT molecular complexity index is 1050. The van der Waals surface area contributed by atoms with E-state index in [1.807, 2.05) is 32.0 Å². The summed E-state index contributed by atoms with van der Waals surface area (Å²) in [6, 6.07) is 19.4. The molecule has 3 aromatic carbocycles. The van der Waals surface area contributed by atoms with Crippen LogP contribution in [0.1, 0.15) is 21.5 Å². The predicted molar refractivity (Wildman–Crippen MR) is 116 cm³/mol. The van der Waals surface area contributed by atoms with Gasteiger partial charge in [-0.1, -0.05) is 41.9 Å². The molecule has 0 bridgehead atoms. The van der Waals surface area contributed by atoms with Gasteiger partial charge >= 0.3 is 0 Å². The van der Waals surface area contributed by atoms with Crippen LogP contribution in [0.25, 0.3) is 0 Å². The molecule has 5 nitrogen and oxygen atoms in total. The van der Waals surface area contributed by atoms with Crippen LogP contribution >= 0.6 is 11.6 Å². The molecular weight excluding hydrogens is 388 g/mol. The maximum Gasteiger partial charge on any atom is 0.262 e. The first kappa shape index (κ1) is 20.4. The van der Waals surface area contributed by atoms with Crippen LogP contribution in [0.4, 0.5) is 11.4 Å². The number of nitrogens with one attached hydrogen (secondary N) is 2. The second-order valence-corrected chi connectivity index (χ2v) is 6.96. The van der Waals surface area contributed by atoms with Gasteiger partial charge in [-0.25, -0.2) is 0 Å². The number of ether oxygens (including phenoxy) is 1. The molecule has 0 heterocycles. The van der Waals surface area contributed by atoms with Crippen LogP contribution in [0.3, 0.4) is 0 Å². The van der Waals surface area contributed by atoms with Gasteiger partial charge in [-0.05, 0) is 61.4 Å². The van der Waals surface area contributed by atoms with Crippen molar-refractivity contribution < 1.29 is 14.3 Å². The summed E-state index contributed by atoms with van der Waals surface area (Å²) in [5.74, 6) is 0.0683. The maximum atomic E-state index is 12.4. The van der Waals surface area contributed by atoms with Crippen molar-refractivity contribution in [2.75, 3.05) is 17.2 Å². The van der Waals surface area contributed by atoms with Crippen molar-refractivity contribution in [3.63, 3.8) is 0 Å². The molecule has 0 spiro atoms. The van der Waals surface area contributed by atoms with E-state index in [1.54, 1.807) is 48.5 Å². The zero-order valence-electron chi connectivity index (χ0n) is 16.2. The number of benzene rings is 3. The monoisotopic (exact) mass is 408 g/mol. The molecule has 3 aromatic rings. The normalized spacial score (nSPS) is 10.3. The fraction of sp³-hybridized carbons (Fsp3) is 0.130. The highest BCUT2D eigenvalue weighted by molar-refractivity contribution is 6.34. The molecule has 0 fully saturated rings. The van der Waals surface area contributed by atoms with E-state index in [1.165, 1.54) is 0 Å². The molecule has 3 rings (SSSR count). The first-order valence-corrected chi connectivity index (χ1v) is 9.46. The zero-order chi connectivity index (χ0) is 20.8. The minimum atomic E-state index is -0.322. The van der Waals surface area contributed by atoms with Crippen molar-refractivity contribution in [2.45, 2.75) is 13.8 Å². The molecular formula is C23H21ClN2O3. The van der Waals surface area contributed by atoms with Gasteiger partial charge in [0.05, 0.1) is 10.6 Å². The maximum absolute atomic E-state index is 12.4. The lowest BCUT2D eigenvalue weighted by atomic mass is 10.1. The summed E-state index contributed by atoms with van der Waals surface area (Å²) < 4.78 is 5.62. The van der Waals surface area contributed by atoms with Crippen molar-refractivity contribution in [3.05, 3.63) is 88.4 Å². The number of carbonyl (C=O) groups excluding carboxylic acids is 2. The van der Waals surface area contributed by atoms with E-state index in [-0.39, 0.29) is 18.4 Å². The molecule has 0 saturated carbocycles. The summed E-state index contributed by atoms with van der Waals surface area (Å²) in [6.07, 6.45) is 0. The molecule has 0 aliphatic heterocycles. The lowest BCUT2D eigenvalue weighted by Gasteiger charge is -2.12. The molecule has 148 valence electrons. The number of hydrogen-bond acceptors (Lipinski definition) is 3. The Labute approximate surface area is 174 Å². The van der Waals surface area contributed by atoms with Crippen molar-refractivity contribution in [1.29, 1.82) is 0 Å². The quantitative estimate of drug-likeness (QED) is 0.587. The Morgan fingerprint density at radius 2 is 1.59 bits per heavy atom. The van der Waals surface area contributed by atoms with Gasteiger partial charge in [0.15, 0.2) is 6.61 Å². The summed E-state index contributed by atoms with van der Waals surface area (Å²) in [4.78, 5) is 24.6. The molecule has 29 heavy (non-hydrogen) atoms. The van der Waals surface area contributed by atoms with E-state index in [0.717, 1.165) is 11.1 Å². The van der Waals surface area contributed by atoms with Crippen LogP contribution < -0.4 is 15.4 Å². The third kappa shape index (κ3) is 5.36. The van der Waals surface area contributed by atoms with Crippen LogP contribution in [-0.4, -0.2) is 18.4 Å². The molecule has 0 radical (unpaired) electrons. The van der Waals surface area contributed by atoms with Crippen molar-refractivity contribution in [1.82, 2.24) is 0 Å². The van der Waals surface area contributed by atoms with Crippen molar-refractivity contribution in [2.24, 2.45) is 0 Å². The summed E-state index contributed by atoms with van der Waals surface area (Å²) in [5, 5.41) is 5.92. The molecule has 0 atom stereocenters. The van der Waals surface area contributed by atoms with Crippen LogP contribution in [0, 0.1) is 13.8 Å². The van der Waals surface area contributed by atoms with E-state index in [9.17, 15) is 9.59 Å². The molecule has 0 unspecified atom stereocenters. The molecule has 0 saturated heterocycles. The molecule has 2 N–H and O–H groups in total. The number of aryl methyl sites for hydroxylation is 1. The molecule has 0 aliphatic rings. The fourth-order valence-electron chi connectivity index (χ4n) is 2.74. The van der Waals surface area contributed by atoms with Gasteiger partial charge in [0.2, 0.25) is 0 Å². The lowest BCUT2D eigenvalue weighted by Crippen LogP contribution is -2.20. The highest BCUT2D eigenvalue weighted by Crippen LogP contribution is 2.21. The average molecular weight is 409 g/mol. The van der Waals surface area contributed by atoms with Crippen LogP contribution in [-0.2, 0) is 4.79 Å². The van der Waals surface area contributed by atoms with Crippen molar-refractivity contribution >= 4 is 34.8 Å². The first-order chi connectivity index (χ1) is 13.9. The number of amides is 2. The number of hydrogen-bond donors (Lipinski definition) is 2. The Morgan fingerprint density at radius 1 is 0.897 bits per heavy atom. The second-order valence-electron chi connectivity index (χ2n) is 6.55. The summed E-state index contributed by atoms with van der Waals surface area (Å²) in [5.41, 5.74) is 3.58. The number of rotatable bonds is 6. The first-order valence-electron chi connectivity index (χ1n) is 9.09. The van der Waals surface area contributed by atoms with Crippen LogP contribution in [0.15, 0.2) is 66.7 Å². The van der Waals surface area contributed by atoms with Gasteiger partial charge in [0.25, 0.3) is 11.8 Å². The van der Waals surface area contributed by atoms with Crippen LogP contribution in [0.2, 0.25) is 5.02 Å². The van der Waals surface area contributed by atoms with Gasteiger partial charge < -0.3 is 15.4 Å². The largest absolute Gasteiger partial charge is 0.483 e. The minimum Gasteiger partial charge on any atom is -0.483 e. The van der Waals surface area contributed by atoms with Gasteiger partial charge in [-0.3, -0.25) is 9.59 Å².